The summed E-state index contributed by atoms with van der Waals surface area (Å²) in [6.07, 6.45) is 1.17. The second-order valence-electron chi connectivity index (χ2n) is 5.09. The Labute approximate surface area is 177 Å². The van der Waals surface area contributed by atoms with E-state index < -0.39 is 9.84 Å². The van der Waals surface area contributed by atoms with Crippen molar-refractivity contribution in [2.45, 2.75) is 4.90 Å². The van der Waals surface area contributed by atoms with E-state index in [2.05, 4.69) is 0 Å². The molecule has 112 valence electrons. The van der Waals surface area contributed by atoms with Gasteiger partial charge in [-0.3, -0.25) is 0 Å². The summed E-state index contributed by atoms with van der Waals surface area (Å²) in [7, 11) is -3.23. The summed E-state index contributed by atoms with van der Waals surface area (Å²) in [4.78, 5) is 12.3. The van der Waals surface area contributed by atoms with E-state index in [1.807, 2.05) is 30.3 Å². The number of cyclic esters (lactones) is 1. The summed E-state index contributed by atoms with van der Waals surface area (Å²) < 4.78 is 28.2. The molecule has 0 aromatic heterocycles. The third-order valence-electron chi connectivity index (χ3n) is 3.55. The monoisotopic (exact) mass is 353 g/mol. The third-order valence-corrected chi connectivity index (χ3v) is 4.68. The molecule has 0 spiro atoms. The Balaban J connectivity index is 0.00000192. The van der Waals surface area contributed by atoms with Crippen LogP contribution in [0.15, 0.2) is 59.5 Å². The fourth-order valence-electron chi connectivity index (χ4n) is 2.43. The minimum absolute atomic E-state index is 0. The quantitative estimate of drug-likeness (QED) is 0.555. The summed E-state index contributed by atoms with van der Waals surface area (Å²) in [5.41, 5.74) is 2.90. The van der Waals surface area contributed by atoms with E-state index in [1.165, 1.54) is 6.26 Å². The number of esters is 1. The van der Waals surface area contributed by atoms with Crippen molar-refractivity contribution >= 4 is 27.0 Å². The molecule has 1 heterocycles. The van der Waals surface area contributed by atoms with Crippen molar-refractivity contribution in [2.75, 3.05) is 12.9 Å². The fourth-order valence-corrected chi connectivity index (χ4v) is 3.06. The second-order valence-corrected chi connectivity index (χ2v) is 7.11. The van der Waals surface area contributed by atoms with Gasteiger partial charge in [0.2, 0.25) is 0 Å². The van der Waals surface area contributed by atoms with Gasteiger partial charge in [0.1, 0.15) is 6.61 Å². The number of sulfone groups is 1. The van der Waals surface area contributed by atoms with Gasteiger partial charge >= 0.3 is 57.4 Å². The van der Waals surface area contributed by atoms with Gasteiger partial charge in [-0.15, -0.1) is 0 Å². The molecule has 0 fully saturated rings. The molecule has 6 heteroatoms. The van der Waals surface area contributed by atoms with Crippen LogP contribution in [0.1, 0.15) is 11.1 Å². The zero-order chi connectivity index (χ0) is 15.7. The Morgan fingerprint density at radius 1 is 0.913 bits per heavy atom. The van der Waals surface area contributed by atoms with Crippen molar-refractivity contribution in [1.82, 2.24) is 0 Å². The summed E-state index contributed by atoms with van der Waals surface area (Å²) >= 11 is 0. The van der Waals surface area contributed by atoms with Crippen LogP contribution in [0.5, 0.6) is 0 Å². The van der Waals surface area contributed by atoms with E-state index in [4.69, 9.17) is 4.74 Å². The van der Waals surface area contributed by atoms with Crippen molar-refractivity contribution < 1.29 is 69.3 Å². The maximum absolute atomic E-state index is 12.0. The van der Waals surface area contributed by atoms with Gasteiger partial charge in [0.25, 0.3) is 0 Å². The van der Waals surface area contributed by atoms with Crippen molar-refractivity contribution in [1.29, 1.82) is 0 Å². The number of carbonyl (C=O) groups excluding carboxylic acids is 1. The Hall–Kier alpha value is -0.764. The molecule has 0 unspecified atom stereocenters. The smallest absolute Gasteiger partial charge is 0.457 e. The number of ether oxygens (including phenoxy) is 1. The maximum atomic E-state index is 12.0. The molecule has 0 bridgehead atoms. The number of carbonyl (C=O) groups is 1. The van der Waals surface area contributed by atoms with Crippen LogP contribution in [0.2, 0.25) is 0 Å². The van der Waals surface area contributed by atoms with Crippen LogP contribution in [0.3, 0.4) is 0 Å². The molecule has 0 radical (unpaired) electrons. The predicted molar refractivity (Wildman–Crippen MR) is 83.8 cm³/mol. The first kappa shape index (κ1) is 18.6. The molecule has 3 rings (SSSR count). The number of hydrogen-bond donors (Lipinski definition) is 0. The Morgan fingerprint density at radius 2 is 1.52 bits per heavy atom. The summed E-state index contributed by atoms with van der Waals surface area (Å²) in [5, 5.41) is 0. The topological polar surface area (TPSA) is 60.4 Å². The van der Waals surface area contributed by atoms with Crippen molar-refractivity contribution in [3.8, 4) is 0 Å². The van der Waals surface area contributed by atoms with Gasteiger partial charge in [0, 0.05) is 11.8 Å². The van der Waals surface area contributed by atoms with Gasteiger partial charge in [0.15, 0.2) is 9.84 Å². The van der Waals surface area contributed by atoms with E-state index in [9.17, 15) is 13.2 Å². The van der Waals surface area contributed by atoms with Crippen LogP contribution in [0, 0.1) is 0 Å². The molecular weight excluding hydrogens is 339 g/mol. The van der Waals surface area contributed by atoms with Crippen molar-refractivity contribution in [3.05, 3.63) is 65.7 Å². The maximum Gasteiger partial charge on any atom is 1.00 e. The van der Waals surface area contributed by atoms with Crippen LogP contribution >= 0.6 is 0 Å². The van der Waals surface area contributed by atoms with E-state index in [0.717, 1.165) is 16.7 Å². The van der Waals surface area contributed by atoms with E-state index in [-0.39, 0.29) is 68.9 Å². The zero-order valence-electron chi connectivity index (χ0n) is 12.9. The van der Waals surface area contributed by atoms with Crippen LogP contribution in [-0.4, -0.2) is 27.2 Å². The van der Waals surface area contributed by atoms with Gasteiger partial charge in [-0.2, -0.15) is 0 Å². The van der Waals surface area contributed by atoms with Gasteiger partial charge < -0.3 is 4.74 Å². The minimum Gasteiger partial charge on any atom is -0.457 e. The van der Waals surface area contributed by atoms with E-state index >= 15 is 0 Å². The minimum atomic E-state index is -3.23. The summed E-state index contributed by atoms with van der Waals surface area (Å²) in [6, 6.07) is 15.8. The SMILES string of the molecule is CS(=O)(=O)c1ccc(C2=C(c3ccccc3)C(=O)OC2)cc1.[K+]. The molecule has 0 atom stereocenters. The van der Waals surface area contributed by atoms with Gasteiger partial charge in [-0.1, -0.05) is 42.5 Å². The predicted octanol–water partition coefficient (Wildman–Crippen LogP) is -0.438. The van der Waals surface area contributed by atoms with Crippen molar-refractivity contribution in [2.24, 2.45) is 0 Å². The molecular formula is C17H14KO4S+. The standard InChI is InChI=1S/C17H14O4S.K/c1-22(19,20)14-9-7-12(8-10-14)15-11-21-17(18)16(15)13-5-3-2-4-6-13;/h2-10H,11H2,1H3;/q;+1. The molecule has 0 saturated carbocycles. The van der Waals surface area contributed by atoms with E-state index in [0.29, 0.717) is 5.57 Å². The molecule has 0 aliphatic carbocycles. The number of rotatable bonds is 3. The molecule has 0 amide bonds. The molecule has 23 heavy (non-hydrogen) atoms. The molecule has 0 saturated heterocycles. The van der Waals surface area contributed by atoms with Gasteiger partial charge in [-0.05, 0) is 23.3 Å². The largest absolute Gasteiger partial charge is 1.00 e. The van der Waals surface area contributed by atoms with Crippen LogP contribution < -0.4 is 51.4 Å². The Kier molecular flexibility index (Phi) is 5.99. The average molecular weight is 353 g/mol. The first-order chi connectivity index (χ1) is 10.5. The zero-order valence-corrected chi connectivity index (χ0v) is 16.9. The van der Waals surface area contributed by atoms with Crippen LogP contribution in [0.4, 0.5) is 0 Å². The molecule has 1 aliphatic rings. The molecule has 1 aliphatic heterocycles. The van der Waals surface area contributed by atoms with Gasteiger partial charge in [-0.25, -0.2) is 13.2 Å². The second kappa shape index (κ2) is 7.42. The molecule has 2 aromatic carbocycles. The van der Waals surface area contributed by atoms with Gasteiger partial charge in [0.05, 0.1) is 10.5 Å². The molecule has 2 aromatic rings. The average Bonchev–Trinajstić information content (AvgIpc) is 2.89. The third kappa shape index (κ3) is 4.02. The summed E-state index contributed by atoms with van der Waals surface area (Å²) in [5.74, 6) is -0.353. The Morgan fingerprint density at radius 3 is 2.09 bits per heavy atom. The van der Waals surface area contributed by atoms with Crippen LogP contribution in [-0.2, 0) is 19.4 Å². The van der Waals surface area contributed by atoms with E-state index in [1.54, 1.807) is 24.3 Å². The first-order valence-corrected chi connectivity index (χ1v) is 8.62. The number of hydrogen-bond acceptors (Lipinski definition) is 4. The molecule has 4 nitrogen and oxygen atoms in total. The fraction of sp³-hybridized carbons (Fsp3) is 0.118. The normalized spacial score (nSPS) is 14.4. The summed E-state index contributed by atoms with van der Waals surface area (Å²) in [6.45, 7) is 0.196. The van der Waals surface area contributed by atoms with Crippen molar-refractivity contribution in [3.63, 3.8) is 0 Å². The molecule has 0 N–H and O–H groups in total. The van der Waals surface area contributed by atoms with Crippen LogP contribution in [0.25, 0.3) is 11.1 Å². The Bertz CT molecular complexity index is 853. The first-order valence-electron chi connectivity index (χ1n) is 6.73. The number of benzene rings is 2.